The molecular formula is C8H20N3O2-. The third-order valence-corrected chi connectivity index (χ3v) is 2.34. The van der Waals surface area contributed by atoms with E-state index in [1.165, 1.54) is 0 Å². The highest BCUT2D eigenvalue weighted by atomic mass is 16.8. The van der Waals surface area contributed by atoms with Crippen LogP contribution >= 0.6 is 0 Å². The van der Waals surface area contributed by atoms with Crippen molar-refractivity contribution in [3.8, 4) is 0 Å². The van der Waals surface area contributed by atoms with Gasteiger partial charge in [0.25, 0.3) is 0 Å². The first-order chi connectivity index (χ1) is 6.13. The van der Waals surface area contributed by atoms with E-state index in [4.69, 9.17) is 16.7 Å². The summed E-state index contributed by atoms with van der Waals surface area (Å²) in [6.07, 6.45) is 2.43. The van der Waals surface area contributed by atoms with Crippen LogP contribution in [0.3, 0.4) is 0 Å². The molecule has 0 aromatic heterocycles. The lowest BCUT2D eigenvalue weighted by Gasteiger charge is -2.44. The topological polar surface area (TPSA) is 98.6 Å². The molecule has 0 saturated heterocycles. The fourth-order valence-corrected chi connectivity index (χ4v) is 1.66. The molecule has 0 heterocycles. The zero-order valence-corrected chi connectivity index (χ0v) is 8.20. The minimum absolute atomic E-state index is 0.0379. The molecular weight excluding hydrogens is 170 g/mol. The molecule has 0 fully saturated rings. The van der Waals surface area contributed by atoms with Gasteiger partial charge in [-0.1, -0.05) is 13.3 Å². The van der Waals surface area contributed by atoms with Gasteiger partial charge in [0.2, 0.25) is 0 Å². The highest BCUT2D eigenvalue weighted by Crippen LogP contribution is 2.26. The Labute approximate surface area is 79.2 Å². The molecule has 0 aliphatic carbocycles. The Morgan fingerprint density at radius 3 is 1.92 bits per heavy atom. The molecule has 0 aromatic rings. The van der Waals surface area contributed by atoms with Gasteiger partial charge in [0, 0.05) is 5.54 Å². The van der Waals surface area contributed by atoms with Crippen LogP contribution in [0.1, 0.15) is 32.6 Å². The summed E-state index contributed by atoms with van der Waals surface area (Å²) in [5.74, 6) is 0. The fourth-order valence-electron chi connectivity index (χ4n) is 1.66. The molecule has 0 aliphatic heterocycles. The van der Waals surface area contributed by atoms with Gasteiger partial charge in [0.15, 0.2) is 0 Å². The second kappa shape index (κ2) is 6.28. The second-order valence-corrected chi connectivity index (χ2v) is 3.32. The summed E-state index contributed by atoms with van der Waals surface area (Å²) in [5, 5.41) is 20.1. The van der Waals surface area contributed by atoms with E-state index in [9.17, 15) is 5.21 Å². The van der Waals surface area contributed by atoms with E-state index >= 15 is 0 Å². The van der Waals surface area contributed by atoms with Crippen molar-refractivity contribution in [1.29, 1.82) is 0 Å². The molecule has 80 valence electrons. The molecule has 0 aliphatic rings. The minimum atomic E-state index is -0.766. The van der Waals surface area contributed by atoms with E-state index < -0.39 is 5.54 Å². The fraction of sp³-hybridized carbons (Fsp3) is 1.00. The van der Waals surface area contributed by atoms with Crippen molar-refractivity contribution in [3.05, 3.63) is 5.21 Å². The maximum Gasteiger partial charge on any atom is 0.0351 e. The molecule has 5 nitrogen and oxygen atoms in total. The van der Waals surface area contributed by atoms with Crippen molar-refractivity contribution in [3.63, 3.8) is 0 Å². The lowest BCUT2D eigenvalue weighted by Crippen LogP contribution is -2.46. The molecule has 0 atom stereocenters. The zero-order valence-electron chi connectivity index (χ0n) is 8.20. The summed E-state index contributed by atoms with van der Waals surface area (Å²) in [6, 6.07) is 0. The Kier molecular flexibility index (Phi) is 6.19. The predicted octanol–water partition coefficient (Wildman–Crippen LogP) is 0.412. The third kappa shape index (κ3) is 3.58. The number of hydrogen-bond acceptors (Lipinski definition) is 5. The van der Waals surface area contributed by atoms with E-state index in [1.54, 1.807) is 0 Å². The highest BCUT2D eigenvalue weighted by Gasteiger charge is 2.28. The number of nitrogens with zero attached hydrogens (tertiary/aromatic N) is 1. The first-order valence-electron chi connectivity index (χ1n) is 4.69. The van der Waals surface area contributed by atoms with Crippen LogP contribution in [0.25, 0.3) is 0 Å². The summed E-state index contributed by atoms with van der Waals surface area (Å²) in [5.41, 5.74) is 10.0. The van der Waals surface area contributed by atoms with Gasteiger partial charge in [0.1, 0.15) is 0 Å². The highest BCUT2D eigenvalue weighted by molar-refractivity contribution is 4.87. The monoisotopic (exact) mass is 190 g/mol. The van der Waals surface area contributed by atoms with Crippen molar-refractivity contribution < 1.29 is 5.21 Å². The van der Waals surface area contributed by atoms with Crippen LogP contribution in [0.2, 0.25) is 0 Å². The lowest BCUT2D eigenvalue weighted by atomic mass is 9.87. The minimum Gasteiger partial charge on any atom is -0.762 e. The van der Waals surface area contributed by atoms with Gasteiger partial charge in [-0.15, -0.1) is 0 Å². The zero-order chi connectivity index (χ0) is 10.3. The Hall–Kier alpha value is -0.200. The average molecular weight is 190 g/mol. The molecule has 0 rings (SSSR count). The normalized spacial score (nSPS) is 12.5. The van der Waals surface area contributed by atoms with Crippen molar-refractivity contribution in [1.82, 2.24) is 5.23 Å². The maximum absolute atomic E-state index is 11.0. The molecule has 0 bridgehead atoms. The van der Waals surface area contributed by atoms with Gasteiger partial charge < -0.3 is 21.9 Å². The van der Waals surface area contributed by atoms with Gasteiger partial charge in [-0.2, -0.15) is 0 Å². The van der Waals surface area contributed by atoms with E-state index in [0.717, 1.165) is 6.42 Å². The third-order valence-electron chi connectivity index (χ3n) is 2.34. The van der Waals surface area contributed by atoms with Crippen LogP contribution in [0.4, 0.5) is 0 Å². The van der Waals surface area contributed by atoms with E-state index in [-0.39, 0.29) is 5.23 Å². The van der Waals surface area contributed by atoms with Gasteiger partial charge in [-0.25, -0.2) is 0 Å². The number of rotatable bonds is 7. The summed E-state index contributed by atoms with van der Waals surface area (Å²) in [4.78, 5) is 0. The van der Waals surface area contributed by atoms with Gasteiger partial charge in [-0.3, -0.25) is 5.23 Å². The smallest absolute Gasteiger partial charge is 0.0351 e. The molecule has 5 N–H and O–H groups in total. The average Bonchev–Trinajstić information content (AvgIpc) is 2.05. The number of hydrogen-bond donors (Lipinski definition) is 3. The van der Waals surface area contributed by atoms with E-state index in [0.29, 0.717) is 32.4 Å². The van der Waals surface area contributed by atoms with E-state index in [1.807, 2.05) is 6.92 Å². The molecule has 0 unspecified atom stereocenters. The largest absolute Gasteiger partial charge is 0.762 e. The van der Waals surface area contributed by atoms with E-state index in [2.05, 4.69) is 0 Å². The Morgan fingerprint density at radius 1 is 1.23 bits per heavy atom. The van der Waals surface area contributed by atoms with Crippen LogP contribution in [-0.4, -0.2) is 29.1 Å². The summed E-state index contributed by atoms with van der Waals surface area (Å²) in [7, 11) is 0. The van der Waals surface area contributed by atoms with Gasteiger partial charge in [0.05, 0.1) is 0 Å². The Balaban J connectivity index is 4.38. The molecule has 0 aromatic carbocycles. The number of hydroxylamine groups is 2. The predicted molar refractivity (Wildman–Crippen MR) is 52.0 cm³/mol. The van der Waals surface area contributed by atoms with Crippen molar-refractivity contribution in [2.24, 2.45) is 11.5 Å². The van der Waals surface area contributed by atoms with Crippen molar-refractivity contribution in [2.75, 3.05) is 13.1 Å². The Bertz CT molecular complexity index is 114. The molecule has 0 spiro atoms. The molecule has 0 saturated carbocycles. The van der Waals surface area contributed by atoms with Crippen LogP contribution in [0.15, 0.2) is 0 Å². The van der Waals surface area contributed by atoms with Crippen molar-refractivity contribution in [2.45, 2.75) is 38.1 Å². The lowest BCUT2D eigenvalue weighted by molar-refractivity contribution is -0.139. The van der Waals surface area contributed by atoms with Crippen LogP contribution in [0, 0.1) is 5.21 Å². The quantitative estimate of drug-likeness (QED) is 0.505. The summed E-state index contributed by atoms with van der Waals surface area (Å²) in [6.45, 7) is 2.74. The second-order valence-electron chi connectivity index (χ2n) is 3.32. The first-order valence-corrected chi connectivity index (χ1v) is 4.69. The molecule has 13 heavy (non-hydrogen) atoms. The van der Waals surface area contributed by atoms with Crippen LogP contribution in [-0.2, 0) is 0 Å². The van der Waals surface area contributed by atoms with Gasteiger partial charge in [-0.05, 0) is 32.4 Å². The molecule has 0 radical (unpaired) electrons. The number of nitrogens with two attached hydrogens (primary N) is 2. The SMILES string of the molecule is CCCC(CCN)(CCN)N([O-])O. The molecule has 5 heteroatoms. The summed E-state index contributed by atoms with van der Waals surface area (Å²) < 4.78 is 0. The van der Waals surface area contributed by atoms with Gasteiger partial charge >= 0.3 is 0 Å². The Morgan fingerprint density at radius 2 is 1.69 bits per heavy atom. The standard InChI is InChI=1S/C8H20N3O2/c1-2-3-8(4-6-9,5-7-10)11(12)13/h12H,2-7,9-10H2,1H3/q-1. The summed E-state index contributed by atoms with van der Waals surface area (Å²) >= 11 is 0. The maximum atomic E-state index is 11.0. The van der Waals surface area contributed by atoms with Crippen LogP contribution in [0.5, 0.6) is 0 Å². The molecule has 0 amide bonds. The van der Waals surface area contributed by atoms with Crippen LogP contribution < -0.4 is 11.5 Å². The first kappa shape index (κ1) is 12.8. The van der Waals surface area contributed by atoms with Crippen molar-refractivity contribution >= 4 is 0 Å².